The Hall–Kier alpha value is -1.52. The van der Waals surface area contributed by atoms with Gasteiger partial charge in [-0.25, -0.2) is 4.79 Å². The number of hydrogen-bond donors (Lipinski definition) is 0. The molecule has 0 aromatic carbocycles. The second-order valence-corrected chi connectivity index (χ2v) is 2.10. The van der Waals surface area contributed by atoms with Crippen LogP contribution in [0.2, 0.25) is 0 Å². The van der Waals surface area contributed by atoms with E-state index in [4.69, 9.17) is 0 Å². The van der Waals surface area contributed by atoms with Gasteiger partial charge >= 0.3 is 5.69 Å². The summed E-state index contributed by atoms with van der Waals surface area (Å²) in [7, 11) is 1.59. The molecule has 0 N–H and O–H groups in total. The SMILES string of the molecule is Cn1ccc(CN=O)nc1=O. The van der Waals surface area contributed by atoms with Gasteiger partial charge in [0.05, 0.1) is 5.69 Å². The number of aryl methyl sites for hydroxylation is 1. The van der Waals surface area contributed by atoms with Gasteiger partial charge < -0.3 is 4.57 Å². The number of aromatic nitrogens is 2. The summed E-state index contributed by atoms with van der Waals surface area (Å²) in [5.74, 6) is 0. The highest BCUT2D eigenvalue weighted by molar-refractivity contribution is 4.98. The van der Waals surface area contributed by atoms with Gasteiger partial charge in [-0.3, -0.25) is 0 Å². The van der Waals surface area contributed by atoms with Crippen molar-refractivity contribution < 1.29 is 0 Å². The van der Waals surface area contributed by atoms with E-state index in [0.29, 0.717) is 5.69 Å². The van der Waals surface area contributed by atoms with E-state index in [2.05, 4.69) is 10.2 Å². The zero-order valence-electron chi connectivity index (χ0n) is 6.02. The second-order valence-electron chi connectivity index (χ2n) is 2.10. The van der Waals surface area contributed by atoms with Gasteiger partial charge in [-0.2, -0.15) is 9.89 Å². The largest absolute Gasteiger partial charge is 0.347 e. The number of hydrogen-bond acceptors (Lipinski definition) is 4. The van der Waals surface area contributed by atoms with Crippen LogP contribution in [-0.4, -0.2) is 9.55 Å². The molecule has 1 aromatic heterocycles. The predicted molar refractivity (Wildman–Crippen MR) is 39.0 cm³/mol. The Morgan fingerprint density at radius 2 is 2.45 bits per heavy atom. The van der Waals surface area contributed by atoms with Gasteiger partial charge in [0.15, 0.2) is 0 Å². The van der Waals surface area contributed by atoms with E-state index in [0.717, 1.165) is 0 Å². The van der Waals surface area contributed by atoms with Crippen LogP contribution >= 0.6 is 0 Å². The first kappa shape index (κ1) is 7.59. The average molecular weight is 153 g/mol. The van der Waals surface area contributed by atoms with Crippen LogP contribution in [0.5, 0.6) is 0 Å². The summed E-state index contributed by atoms with van der Waals surface area (Å²) in [4.78, 5) is 24.2. The monoisotopic (exact) mass is 153 g/mol. The van der Waals surface area contributed by atoms with Crippen molar-refractivity contribution in [3.63, 3.8) is 0 Å². The lowest BCUT2D eigenvalue weighted by Gasteiger charge is -1.95. The average Bonchev–Trinajstić information content (AvgIpc) is 1.98. The highest BCUT2D eigenvalue weighted by Gasteiger charge is 1.95. The highest BCUT2D eigenvalue weighted by Crippen LogP contribution is 1.90. The molecule has 0 aliphatic rings. The van der Waals surface area contributed by atoms with Gasteiger partial charge in [0.2, 0.25) is 0 Å². The molecule has 0 spiro atoms. The fourth-order valence-corrected chi connectivity index (χ4v) is 0.655. The van der Waals surface area contributed by atoms with Crippen LogP contribution in [0.4, 0.5) is 0 Å². The van der Waals surface area contributed by atoms with Gasteiger partial charge in [-0.1, -0.05) is 5.18 Å². The van der Waals surface area contributed by atoms with E-state index in [1.165, 1.54) is 4.57 Å². The second kappa shape index (κ2) is 3.05. The van der Waals surface area contributed by atoms with Crippen molar-refractivity contribution in [1.29, 1.82) is 0 Å². The van der Waals surface area contributed by atoms with Crippen molar-refractivity contribution in [3.8, 4) is 0 Å². The van der Waals surface area contributed by atoms with Crippen LogP contribution in [0.15, 0.2) is 22.2 Å². The summed E-state index contributed by atoms with van der Waals surface area (Å²) in [5, 5.41) is 2.62. The molecule has 0 aliphatic heterocycles. The summed E-state index contributed by atoms with van der Waals surface area (Å²) in [6.07, 6.45) is 1.55. The molecule has 0 amide bonds. The molecule has 0 aliphatic carbocycles. The highest BCUT2D eigenvalue weighted by atomic mass is 16.3. The van der Waals surface area contributed by atoms with Crippen LogP contribution in [0.25, 0.3) is 0 Å². The molecule has 1 aromatic rings. The Balaban J connectivity index is 3.05. The van der Waals surface area contributed by atoms with Crippen molar-refractivity contribution in [3.05, 3.63) is 33.3 Å². The molecule has 0 radical (unpaired) electrons. The maximum Gasteiger partial charge on any atom is 0.347 e. The van der Waals surface area contributed by atoms with E-state index in [9.17, 15) is 9.70 Å². The zero-order chi connectivity index (χ0) is 8.27. The minimum Gasteiger partial charge on any atom is -0.302 e. The quantitative estimate of drug-likeness (QED) is 0.564. The first-order valence-electron chi connectivity index (χ1n) is 3.05. The number of nitroso groups, excluding NO2 is 1. The number of rotatable bonds is 2. The van der Waals surface area contributed by atoms with E-state index in [1.54, 1.807) is 19.3 Å². The normalized spacial score (nSPS) is 9.55. The van der Waals surface area contributed by atoms with Gasteiger partial charge in [0.25, 0.3) is 0 Å². The molecule has 0 bridgehead atoms. The van der Waals surface area contributed by atoms with Gasteiger partial charge in [0, 0.05) is 13.2 Å². The van der Waals surface area contributed by atoms with Crippen LogP contribution in [-0.2, 0) is 13.6 Å². The van der Waals surface area contributed by atoms with Gasteiger partial charge in [-0.05, 0) is 6.07 Å². The minimum absolute atomic E-state index is 0.0456. The molecule has 0 fully saturated rings. The molecular formula is C6H7N3O2. The lowest BCUT2D eigenvalue weighted by molar-refractivity contribution is 0.782. The van der Waals surface area contributed by atoms with Crippen molar-refractivity contribution in [1.82, 2.24) is 9.55 Å². The molecule has 1 heterocycles. The van der Waals surface area contributed by atoms with Crippen molar-refractivity contribution in [2.45, 2.75) is 6.54 Å². The van der Waals surface area contributed by atoms with Crippen LogP contribution < -0.4 is 5.69 Å². The Labute approximate surface area is 62.7 Å². The molecular weight excluding hydrogens is 146 g/mol. The van der Waals surface area contributed by atoms with Gasteiger partial charge in [-0.15, -0.1) is 0 Å². The molecule has 11 heavy (non-hydrogen) atoms. The van der Waals surface area contributed by atoms with E-state index in [-0.39, 0.29) is 12.2 Å². The lowest BCUT2D eigenvalue weighted by atomic mass is 10.4. The molecule has 1 rings (SSSR count). The van der Waals surface area contributed by atoms with Crippen LogP contribution in [0.1, 0.15) is 5.69 Å². The Morgan fingerprint density at radius 3 is 3.00 bits per heavy atom. The van der Waals surface area contributed by atoms with Crippen LogP contribution in [0.3, 0.4) is 0 Å². The van der Waals surface area contributed by atoms with E-state index in [1.807, 2.05) is 0 Å². The summed E-state index contributed by atoms with van der Waals surface area (Å²) in [5.41, 5.74) is 0.0363. The summed E-state index contributed by atoms with van der Waals surface area (Å²) in [6, 6.07) is 1.59. The third kappa shape index (κ3) is 1.70. The Bertz CT molecular complexity index is 318. The molecule has 5 heteroatoms. The summed E-state index contributed by atoms with van der Waals surface area (Å²) >= 11 is 0. The molecule has 0 unspecified atom stereocenters. The standard InChI is InChI=1S/C6H7N3O2/c1-9-3-2-5(4-7-11)8-6(9)10/h2-3H,4H2,1H3. The third-order valence-corrected chi connectivity index (χ3v) is 1.26. The van der Waals surface area contributed by atoms with Gasteiger partial charge in [0.1, 0.15) is 6.54 Å². The maximum atomic E-state index is 10.8. The molecule has 0 atom stereocenters. The molecule has 5 nitrogen and oxygen atoms in total. The zero-order valence-corrected chi connectivity index (χ0v) is 6.02. The Kier molecular flexibility index (Phi) is 2.10. The third-order valence-electron chi connectivity index (χ3n) is 1.26. The number of nitrogens with zero attached hydrogens (tertiary/aromatic N) is 3. The van der Waals surface area contributed by atoms with E-state index < -0.39 is 0 Å². The predicted octanol–water partition coefficient (Wildman–Crippen LogP) is 0.0467. The van der Waals surface area contributed by atoms with E-state index >= 15 is 0 Å². The fourth-order valence-electron chi connectivity index (χ4n) is 0.655. The lowest BCUT2D eigenvalue weighted by Crippen LogP contribution is -2.20. The topological polar surface area (TPSA) is 64.3 Å². The first-order valence-corrected chi connectivity index (χ1v) is 3.05. The summed E-state index contributed by atoms with van der Waals surface area (Å²) < 4.78 is 1.33. The van der Waals surface area contributed by atoms with Crippen molar-refractivity contribution in [2.24, 2.45) is 12.2 Å². The van der Waals surface area contributed by atoms with Crippen molar-refractivity contribution in [2.75, 3.05) is 0 Å². The van der Waals surface area contributed by atoms with Crippen LogP contribution in [0, 0.1) is 4.91 Å². The fraction of sp³-hybridized carbons (Fsp3) is 0.333. The first-order chi connectivity index (χ1) is 5.24. The summed E-state index contributed by atoms with van der Waals surface area (Å²) in [6.45, 7) is -0.0456. The minimum atomic E-state index is -0.369. The molecule has 0 saturated heterocycles. The smallest absolute Gasteiger partial charge is 0.302 e. The molecule has 0 saturated carbocycles. The Morgan fingerprint density at radius 1 is 1.73 bits per heavy atom. The van der Waals surface area contributed by atoms with Crippen molar-refractivity contribution >= 4 is 0 Å². The molecule has 58 valence electrons. The maximum absolute atomic E-state index is 10.8.